The average Bonchev–Trinajstić information content (AvgIpc) is 2.39. The fourth-order valence-corrected chi connectivity index (χ4v) is 1.75. The van der Waals surface area contributed by atoms with Gasteiger partial charge in [-0.05, 0) is 23.0 Å². The Kier molecular flexibility index (Phi) is 9.76. The zero-order chi connectivity index (χ0) is 15.1. The SMILES string of the molecule is CC(C)c1cccc([O-])c1.CC(C)c1cccc([O-])c1.[Ca+2]. The van der Waals surface area contributed by atoms with Gasteiger partial charge in [0.25, 0.3) is 0 Å². The summed E-state index contributed by atoms with van der Waals surface area (Å²) in [6, 6.07) is 14.1. The molecule has 0 radical (unpaired) electrons. The van der Waals surface area contributed by atoms with Gasteiger partial charge in [-0.25, -0.2) is 0 Å². The molecule has 0 aliphatic heterocycles. The molecule has 0 fully saturated rings. The van der Waals surface area contributed by atoms with Crippen LogP contribution in [0.4, 0.5) is 0 Å². The molecule has 0 aliphatic rings. The molecule has 0 amide bonds. The minimum absolute atomic E-state index is 0. The average molecular weight is 310 g/mol. The van der Waals surface area contributed by atoms with Crippen molar-refractivity contribution >= 4 is 37.7 Å². The van der Waals surface area contributed by atoms with E-state index < -0.39 is 0 Å². The van der Waals surface area contributed by atoms with Crippen molar-refractivity contribution in [1.82, 2.24) is 0 Å². The maximum Gasteiger partial charge on any atom is 2.00 e. The van der Waals surface area contributed by atoms with Gasteiger partial charge in [0.2, 0.25) is 0 Å². The van der Waals surface area contributed by atoms with Crippen molar-refractivity contribution in [3.63, 3.8) is 0 Å². The molecule has 2 rings (SSSR count). The van der Waals surface area contributed by atoms with Gasteiger partial charge in [-0.2, -0.15) is 0 Å². The van der Waals surface area contributed by atoms with E-state index in [4.69, 9.17) is 0 Å². The van der Waals surface area contributed by atoms with E-state index in [9.17, 15) is 10.2 Å². The summed E-state index contributed by atoms with van der Waals surface area (Å²) in [7, 11) is 0. The molecule has 108 valence electrons. The Balaban J connectivity index is 0.000000364. The molecular weight excluding hydrogens is 288 g/mol. The fraction of sp³-hybridized carbons (Fsp3) is 0.333. The Labute approximate surface area is 157 Å². The Morgan fingerprint density at radius 2 is 1.00 bits per heavy atom. The molecule has 0 N–H and O–H groups in total. The van der Waals surface area contributed by atoms with Gasteiger partial charge in [0.1, 0.15) is 0 Å². The molecule has 0 unspecified atom stereocenters. The quantitative estimate of drug-likeness (QED) is 0.798. The standard InChI is InChI=1S/2C9H12O.Ca/c2*1-7(2)8-4-3-5-9(10)6-8;/h2*3-7,10H,1-2H3;/q;;+2/p-2. The van der Waals surface area contributed by atoms with Crippen molar-refractivity contribution in [3.05, 3.63) is 59.7 Å². The van der Waals surface area contributed by atoms with Gasteiger partial charge in [-0.3, -0.25) is 0 Å². The zero-order valence-electron chi connectivity index (χ0n) is 13.3. The van der Waals surface area contributed by atoms with E-state index >= 15 is 0 Å². The smallest absolute Gasteiger partial charge is 0.872 e. The van der Waals surface area contributed by atoms with E-state index in [1.807, 2.05) is 12.1 Å². The zero-order valence-corrected chi connectivity index (χ0v) is 15.5. The molecule has 2 aromatic carbocycles. The molecule has 0 saturated carbocycles. The molecule has 2 aromatic rings. The molecule has 3 heteroatoms. The maximum absolute atomic E-state index is 10.8. The predicted octanol–water partition coefficient (Wildman–Crippen LogP) is 3.39. The van der Waals surface area contributed by atoms with E-state index in [0.29, 0.717) is 11.8 Å². The van der Waals surface area contributed by atoms with Crippen LogP contribution in [-0.2, 0) is 0 Å². The van der Waals surface area contributed by atoms with Crippen molar-refractivity contribution in [2.45, 2.75) is 39.5 Å². The Hall–Kier alpha value is -0.700. The van der Waals surface area contributed by atoms with Crippen LogP contribution in [-0.4, -0.2) is 37.7 Å². The maximum atomic E-state index is 10.8. The summed E-state index contributed by atoms with van der Waals surface area (Å²) < 4.78 is 0. The first kappa shape index (κ1) is 20.3. The van der Waals surface area contributed by atoms with E-state index in [-0.39, 0.29) is 49.2 Å². The summed E-state index contributed by atoms with van der Waals surface area (Å²) in [5.74, 6) is 1.11. The number of benzene rings is 2. The van der Waals surface area contributed by atoms with Crippen LogP contribution in [0.3, 0.4) is 0 Å². The van der Waals surface area contributed by atoms with E-state index in [0.717, 1.165) is 11.1 Å². The van der Waals surface area contributed by atoms with E-state index in [1.165, 1.54) is 0 Å². The summed E-state index contributed by atoms with van der Waals surface area (Å²) in [6.07, 6.45) is 0. The van der Waals surface area contributed by atoms with Crippen molar-refractivity contribution in [2.75, 3.05) is 0 Å². The first-order chi connectivity index (χ1) is 9.40. The second kappa shape index (κ2) is 10.1. The minimum Gasteiger partial charge on any atom is -0.872 e. The molecule has 21 heavy (non-hydrogen) atoms. The molecule has 0 heterocycles. The van der Waals surface area contributed by atoms with Crippen molar-refractivity contribution in [3.8, 4) is 11.5 Å². The Morgan fingerprint density at radius 1 is 0.667 bits per heavy atom. The van der Waals surface area contributed by atoms with Crippen LogP contribution in [0.5, 0.6) is 11.5 Å². The first-order valence-corrected chi connectivity index (χ1v) is 6.94. The molecule has 0 saturated heterocycles. The van der Waals surface area contributed by atoms with Crippen LogP contribution in [0, 0.1) is 0 Å². The molecule has 0 spiro atoms. The molecule has 0 aliphatic carbocycles. The van der Waals surface area contributed by atoms with Crippen LogP contribution >= 0.6 is 0 Å². The molecule has 0 aromatic heterocycles. The van der Waals surface area contributed by atoms with Gasteiger partial charge in [0, 0.05) is 0 Å². The van der Waals surface area contributed by atoms with Gasteiger partial charge in [-0.1, -0.05) is 76.2 Å². The van der Waals surface area contributed by atoms with Gasteiger partial charge in [-0.15, -0.1) is 11.5 Å². The van der Waals surface area contributed by atoms with Crippen molar-refractivity contribution in [1.29, 1.82) is 0 Å². The molecular formula is C18H22CaO2. The van der Waals surface area contributed by atoms with Crippen LogP contribution in [0.25, 0.3) is 0 Å². The third-order valence-electron chi connectivity index (χ3n) is 3.05. The van der Waals surface area contributed by atoms with Gasteiger partial charge >= 0.3 is 37.7 Å². The molecule has 0 bridgehead atoms. The van der Waals surface area contributed by atoms with Crippen LogP contribution in [0.15, 0.2) is 48.5 Å². The summed E-state index contributed by atoms with van der Waals surface area (Å²) in [6.45, 7) is 8.31. The van der Waals surface area contributed by atoms with Gasteiger partial charge in [0.15, 0.2) is 0 Å². The second-order valence-electron chi connectivity index (χ2n) is 5.45. The Bertz CT molecular complexity index is 487. The van der Waals surface area contributed by atoms with E-state index in [1.54, 1.807) is 36.4 Å². The Morgan fingerprint density at radius 3 is 1.19 bits per heavy atom. The predicted molar refractivity (Wildman–Crippen MR) is 85.7 cm³/mol. The first-order valence-electron chi connectivity index (χ1n) is 6.94. The summed E-state index contributed by atoms with van der Waals surface area (Å²) in [4.78, 5) is 0. The number of hydrogen-bond donors (Lipinski definition) is 0. The third-order valence-corrected chi connectivity index (χ3v) is 3.05. The number of hydrogen-bond acceptors (Lipinski definition) is 2. The fourth-order valence-electron chi connectivity index (χ4n) is 1.75. The minimum atomic E-state index is 0. The molecule has 2 nitrogen and oxygen atoms in total. The molecule has 0 atom stereocenters. The van der Waals surface area contributed by atoms with E-state index in [2.05, 4.69) is 27.7 Å². The van der Waals surface area contributed by atoms with Crippen LogP contribution in [0.1, 0.15) is 50.7 Å². The summed E-state index contributed by atoms with van der Waals surface area (Å²) >= 11 is 0. The third kappa shape index (κ3) is 7.75. The summed E-state index contributed by atoms with van der Waals surface area (Å²) in [5, 5.41) is 21.6. The van der Waals surface area contributed by atoms with Crippen LogP contribution < -0.4 is 10.2 Å². The summed E-state index contributed by atoms with van der Waals surface area (Å²) in [5.41, 5.74) is 2.24. The second-order valence-corrected chi connectivity index (χ2v) is 5.45. The van der Waals surface area contributed by atoms with Crippen molar-refractivity contribution in [2.24, 2.45) is 0 Å². The van der Waals surface area contributed by atoms with Gasteiger partial charge in [0.05, 0.1) is 0 Å². The largest absolute Gasteiger partial charge is 2.00 e. The monoisotopic (exact) mass is 310 g/mol. The normalized spacial score (nSPS) is 9.81. The van der Waals surface area contributed by atoms with Crippen molar-refractivity contribution < 1.29 is 10.2 Å². The topological polar surface area (TPSA) is 46.1 Å². The van der Waals surface area contributed by atoms with Gasteiger partial charge < -0.3 is 10.2 Å². The van der Waals surface area contributed by atoms with Crippen LogP contribution in [0.2, 0.25) is 0 Å². The number of rotatable bonds is 2.